The van der Waals surface area contributed by atoms with Crippen molar-refractivity contribution in [3.63, 3.8) is 0 Å². The van der Waals surface area contributed by atoms with E-state index in [0.717, 1.165) is 66.3 Å². The Morgan fingerprint density at radius 1 is 1.00 bits per heavy atom. The lowest BCUT2D eigenvalue weighted by Gasteiger charge is -2.32. The molecule has 0 bridgehead atoms. The molecule has 0 spiro atoms. The van der Waals surface area contributed by atoms with E-state index < -0.39 is 0 Å². The number of carbonyl (C=O) groups excluding carboxylic acids is 1. The third kappa shape index (κ3) is 4.79. The molecule has 8 nitrogen and oxygen atoms in total. The van der Waals surface area contributed by atoms with Crippen LogP contribution in [-0.2, 0) is 17.6 Å². The van der Waals surface area contributed by atoms with Crippen LogP contribution in [0, 0.1) is 5.92 Å². The number of methoxy groups -OCH3 is 1. The van der Waals surface area contributed by atoms with E-state index in [-0.39, 0.29) is 5.91 Å². The van der Waals surface area contributed by atoms with E-state index in [9.17, 15) is 4.79 Å². The zero-order valence-corrected chi connectivity index (χ0v) is 21.0. The van der Waals surface area contributed by atoms with Gasteiger partial charge in [0.2, 0.25) is 5.91 Å². The van der Waals surface area contributed by atoms with Crippen LogP contribution in [0.25, 0.3) is 22.4 Å². The lowest BCUT2D eigenvalue weighted by Crippen LogP contribution is -2.39. The number of likely N-dealkylation sites (tertiary alicyclic amines) is 1. The number of piperidine rings is 1. The number of fused-ring (bicyclic) bond motifs is 3. The lowest BCUT2D eigenvalue weighted by atomic mass is 9.90. The van der Waals surface area contributed by atoms with Crippen LogP contribution in [0.4, 0.5) is 0 Å². The maximum atomic E-state index is 13.0. The summed E-state index contributed by atoms with van der Waals surface area (Å²) in [5, 5.41) is 13.5. The van der Waals surface area contributed by atoms with Crippen molar-refractivity contribution in [2.45, 2.75) is 32.1 Å². The zero-order valence-electron chi connectivity index (χ0n) is 21.0. The van der Waals surface area contributed by atoms with E-state index in [1.165, 1.54) is 5.56 Å². The molecule has 37 heavy (non-hydrogen) atoms. The quantitative estimate of drug-likeness (QED) is 0.334. The Balaban J connectivity index is 1.10. The molecule has 1 saturated heterocycles. The van der Waals surface area contributed by atoms with Crippen LogP contribution in [0.3, 0.4) is 0 Å². The molecule has 0 radical (unpaired) electrons. The highest BCUT2D eigenvalue weighted by molar-refractivity contribution is 5.78. The second-order valence-corrected chi connectivity index (χ2v) is 9.71. The number of ether oxygens (including phenoxy) is 1. The first-order valence-electron chi connectivity index (χ1n) is 12.9. The van der Waals surface area contributed by atoms with E-state index in [0.29, 0.717) is 18.8 Å². The Morgan fingerprint density at radius 2 is 1.78 bits per heavy atom. The smallest absolute Gasteiger partial charge is 0.223 e. The van der Waals surface area contributed by atoms with E-state index in [1.54, 1.807) is 7.11 Å². The van der Waals surface area contributed by atoms with Crippen LogP contribution in [0.1, 0.15) is 30.7 Å². The Hall–Kier alpha value is -4.20. The van der Waals surface area contributed by atoms with Gasteiger partial charge in [0, 0.05) is 43.9 Å². The SMILES string of the molecule is COc1ccc(-c2cc3c4nnc(CCC(=O)N5CCC(Cc6ccccc6)CC5)n4ccn3n2)cc1. The molecule has 0 N–H and O–H groups in total. The van der Waals surface area contributed by atoms with Crippen LogP contribution >= 0.6 is 0 Å². The number of hydrogen-bond donors (Lipinski definition) is 0. The normalized spacial score (nSPS) is 14.5. The van der Waals surface area contributed by atoms with Gasteiger partial charge >= 0.3 is 0 Å². The molecule has 1 aliphatic heterocycles. The highest BCUT2D eigenvalue weighted by atomic mass is 16.5. The van der Waals surface area contributed by atoms with E-state index >= 15 is 0 Å². The molecule has 0 unspecified atom stereocenters. The van der Waals surface area contributed by atoms with Gasteiger partial charge in [-0.25, -0.2) is 4.52 Å². The molecule has 1 amide bonds. The second-order valence-electron chi connectivity index (χ2n) is 9.71. The van der Waals surface area contributed by atoms with Crippen molar-refractivity contribution in [1.29, 1.82) is 0 Å². The maximum Gasteiger partial charge on any atom is 0.223 e. The van der Waals surface area contributed by atoms with Crippen molar-refractivity contribution < 1.29 is 9.53 Å². The maximum absolute atomic E-state index is 13.0. The van der Waals surface area contributed by atoms with Crippen molar-refractivity contribution in [1.82, 2.24) is 29.1 Å². The lowest BCUT2D eigenvalue weighted by molar-refractivity contribution is -0.132. The molecule has 0 aliphatic carbocycles. The van der Waals surface area contributed by atoms with E-state index in [1.807, 2.05) is 56.5 Å². The average Bonchev–Trinajstić information content (AvgIpc) is 3.57. The number of benzene rings is 2. The number of nitrogens with zero attached hydrogens (tertiary/aromatic N) is 6. The molecular weight excluding hydrogens is 464 g/mol. The van der Waals surface area contributed by atoms with Gasteiger partial charge in [-0.15, -0.1) is 10.2 Å². The fraction of sp³-hybridized carbons (Fsp3) is 0.310. The number of amides is 1. The van der Waals surface area contributed by atoms with Gasteiger partial charge in [0.05, 0.1) is 12.8 Å². The molecule has 1 aliphatic rings. The highest BCUT2D eigenvalue weighted by Crippen LogP contribution is 2.25. The van der Waals surface area contributed by atoms with Crippen molar-refractivity contribution >= 4 is 17.1 Å². The van der Waals surface area contributed by atoms with Crippen molar-refractivity contribution in [2.24, 2.45) is 5.92 Å². The molecule has 188 valence electrons. The van der Waals surface area contributed by atoms with Crippen molar-refractivity contribution in [3.8, 4) is 17.0 Å². The summed E-state index contributed by atoms with van der Waals surface area (Å²) >= 11 is 0. The minimum Gasteiger partial charge on any atom is -0.497 e. The Morgan fingerprint density at radius 3 is 2.54 bits per heavy atom. The number of aryl methyl sites for hydroxylation is 1. The third-order valence-electron chi connectivity index (χ3n) is 7.37. The number of hydrogen-bond acceptors (Lipinski definition) is 5. The fourth-order valence-electron chi connectivity index (χ4n) is 5.24. The molecule has 3 aromatic heterocycles. The third-order valence-corrected chi connectivity index (χ3v) is 7.37. The van der Waals surface area contributed by atoms with Crippen molar-refractivity contribution in [2.75, 3.05) is 20.2 Å². The van der Waals surface area contributed by atoms with Gasteiger partial charge in [0.25, 0.3) is 0 Å². The summed E-state index contributed by atoms with van der Waals surface area (Å²) in [6.45, 7) is 1.67. The van der Waals surface area contributed by atoms with Crippen LogP contribution < -0.4 is 4.74 Å². The van der Waals surface area contributed by atoms with Gasteiger partial charge in [0.1, 0.15) is 17.1 Å². The van der Waals surface area contributed by atoms with Gasteiger partial charge < -0.3 is 9.64 Å². The zero-order chi connectivity index (χ0) is 25.2. The van der Waals surface area contributed by atoms with Crippen LogP contribution in [0.15, 0.2) is 73.1 Å². The van der Waals surface area contributed by atoms with Crippen LogP contribution in [0.2, 0.25) is 0 Å². The number of aromatic nitrogens is 5. The van der Waals surface area contributed by atoms with Gasteiger partial charge in [-0.05, 0) is 61.1 Å². The minimum absolute atomic E-state index is 0.196. The summed E-state index contributed by atoms with van der Waals surface area (Å²) in [6, 6.07) is 20.5. The molecule has 0 atom stereocenters. The Bertz CT molecular complexity index is 1520. The van der Waals surface area contributed by atoms with Crippen LogP contribution in [-0.4, -0.2) is 55.2 Å². The molecule has 5 aromatic rings. The molecule has 1 fully saturated rings. The van der Waals surface area contributed by atoms with Gasteiger partial charge in [-0.3, -0.25) is 9.20 Å². The van der Waals surface area contributed by atoms with E-state index in [2.05, 4.69) is 40.5 Å². The largest absolute Gasteiger partial charge is 0.497 e. The van der Waals surface area contributed by atoms with Gasteiger partial charge in [-0.2, -0.15) is 5.10 Å². The molecule has 4 heterocycles. The highest BCUT2D eigenvalue weighted by Gasteiger charge is 2.23. The number of rotatable bonds is 7. The Labute approximate surface area is 215 Å². The molecule has 8 heteroatoms. The average molecular weight is 495 g/mol. The van der Waals surface area contributed by atoms with Gasteiger partial charge in [0.15, 0.2) is 5.65 Å². The Kier molecular flexibility index (Phi) is 6.30. The van der Waals surface area contributed by atoms with Gasteiger partial charge in [-0.1, -0.05) is 30.3 Å². The first-order valence-corrected chi connectivity index (χ1v) is 12.9. The summed E-state index contributed by atoms with van der Waals surface area (Å²) < 4.78 is 9.04. The fourth-order valence-corrected chi connectivity index (χ4v) is 5.24. The monoisotopic (exact) mass is 494 g/mol. The minimum atomic E-state index is 0.196. The van der Waals surface area contributed by atoms with Crippen molar-refractivity contribution in [3.05, 3.63) is 84.4 Å². The summed E-state index contributed by atoms with van der Waals surface area (Å²) in [4.78, 5) is 15.0. The summed E-state index contributed by atoms with van der Waals surface area (Å²) in [7, 11) is 1.65. The molecule has 6 rings (SSSR count). The second kappa shape index (κ2) is 10.0. The molecular formula is C29H30N6O2. The summed E-state index contributed by atoms with van der Waals surface area (Å²) in [6.07, 6.45) is 8.03. The first-order chi connectivity index (χ1) is 18.2. The number of carbonyl (C=O) groups is 1. The summed E-state index contributed by atoms with van der Waals surface area (Å²) in [5.74, 6) is 2.44. The predicted molar refractivity (Wildman–Crippen MR) is 141 cm³/mol. The standard InChI is InChI=1S/C29H30N6O2/c1-37-24-9-7-23(8-10-24)25-20-26-29-31-30-27(34(29)17-18-35(26)32-25)11-12-28(36)33-15-13-22(14-16-33)19-21-5-3-2-4-6-21/h2-10,17-18,20,22H,11-16,19H2,1H3. The van der Waals surface area contributed by atoms with E-state index in [4.69, 9.17) is 9.84 Å². The summed E-state index contributed by atoms with van der Waals surface area (Å²) in [5.41, 5.74) is 4.85. The topological polar surface area (TPSA) is 77.0 Å². The molecule has 2 aromatic carbocycles. The van der Waals surface area contributed by atoms with Crippen LogP contribution in [0.5, 0.6) is 5.75 Å². The molecule has 0 saturated carbocycles. The first kappa shape index (κ1) is 23.2. The predicted octanol–water partition coefficient (Wildman–Crippen LogP) is 4.47.